The zero-order chi connectivity index (χ0) is 18.1. The molecule has 132 valence electrons. The van der Waals surface area contributed by atoms with Crippen molar-refractivity contribution in [3.63, 3.8) is 0 Å². The first kappa shape index (κ1) is 17.0. The molecule has 2 aromatic rings. The average Bonchev–Trinajstić information content (AvgIpc) is 3.00. The number of hydrogen-bond acceptors (Lipinski definition) is 3. The number of fused-ring (bicyclic) bond motifs is 1. The van der Waals surface area contributed by atoms with Crippen LogP contribution < -0.4 is 4.74 Å². The number of pyridine rings is 1. The second kappa shape index (κ2) is 7.08. The molecule has 1 aliphatic heterocycles. The molecule has 1 aliphatic carbocycles. The zero-order valence-electron chi connectivity index (χ0n) is 14.2. The van der Waals surface area contributed by atoms with Crippen LogP contribution in [0.25, 0.3) is 4.85 Å². The Morgan fingerprint density at radius 3 is 2.69 bits per heavy atom. The van der Waals surface area contributed by atoms with Gasteiger partial charge in [0.05, 0.1) is 6.10 Å². The number of nitrogens with zero attached hydrogens (tertiary/aromatic N) is 3. The first-order valence-corrected chi connectivity index (χ1v) is 9.53. The van der Waals surface area contributed by atoms with Crippen LogP contribution in [0.3, 0.4) is 0 Å². The van der Waals surface area contributed by atoms with E-state index < -0.39 is 0 Å². The van der Waals surface area contributed by atoms with Gasteiger partial charge >= 0.3 is 0 Å². The highest BCUT2D eigenvalue weighted by molar-refractivity contribution is 9.10. The molecule has 0 atom stereocenters. The van der Waals surface area contributed by atoms with Crippen molar-refractivity contribution in [3.8, 4) is 5.75 Å². The maximum Gasteiger partial charge on any atom is 0.284 e. The van der Waals surface area contributed by atoms with Crippen LogP contribution in [0.2, 0.25) is 0 Å². The highest BCUT2D eigenvalue weighted by Gasteiger charge is 2.35. The predicted molar refractivity (Wildman–Crippen MR) is 101 cm³/mol. The van der Waals surface area contributed by atoms with E-state index in [2.05, 4.69) is 25.8 Å². The fourth-order valence-corrected chi connectivity index (χ4v) is 4.22. The van der Waals surface area contributed by atoms with Crippen molar-refractivity contribution in [1.82, 2.24) is 9.88 Å². The minimum atomic E-state index is 0.124. The van der Waals surface area contributed by atoms with Gasteiger partial charge in [-0.25, -0.2) is 0 Å². The van der Waals surface area contributed by atoms with Gasteiger partial charge in [-0.1, -0.05) is 40.7 Å². The Morgan fingerprint density at radius 2 is 2.00 bits per heavy atom. The van der Waals surface area contributed by atoms with Crippen LogP contribution in [-0.4, -0.2) is 27.9 Å². The lowest BCUT2D eigenvalue weighted by atomic mass is 9.92. The number of halogens is 1. The van der Waals surface area contributed by atoms with Gasteiger partial charge in [0.2, 0.25) is 0 Å². The average molecular weight is 412 g/mol. The molecular formula is C20H18BrN3O2. The summed E-state index contributed by atoms with van der Waals surface area (Å²) < 4.78 is 6.69. The van der Waals surface area contributed by atoms with Gasteiger partial charge in [-0.3, -0.25) is 4.79 Å². The summed E-state index contributed by atoms with van der Waals surface area (Å²) in [6.07, 6.45) is 5.43. The van der Waals surface area contributed by atoms with Crippen molar-refractivity contribution in [2.75, 3.05) is 0 Å². The lowest BCUT2D eigenvalue weighted by molar-refractivity contribution is 0.0561. The molecule has 4 rings (SSSR count). The van der Waals surface area contributed by atoms with Gasteiger partial charge in [0.25, 0.3) is 11.7 Å². The molecule has 0 bridgehead atoms. The molecule has 0 unspecified atom stereocenters. The van der Waals surface area contributed by atoms with E-state index in [0.29, 0.717) is 16.0 Å². The summed E-state index contributed by atoms with van der Waals surface area (Å²) in [7, 11) is 0. The number of rotatable bonds is 3. The van der Waals surface area contributed by atoms with E-state index in [1.807, 2.05) is 29.2 Å². The number of benzene rings is 1. The molecule has 26 heavy (non-hydrogen) atoms. The Kier molecular flexibility index (Phi) is 4.64. The largest absolute Gasteiger partial charge is 0.487 e. The third-order valence-corrected chi connectivity index (χ3v) is 5.72. The van der Waals surface area contributed by atoms with Crippen LogP contribution in [0, 0.1) is 6.57 Å². The normalized spacial score (nSPS) is 22.0. The molecule has 6 heteroatoms. The van der Waals surface area contributed by atoms with E-state index in [1.54, 1.807) is 12.3 Å². The first-order valence-electron chi connectivity index (χ1n) is 8.74. The summed E-state index contributed by atoms with van der Waals surface area (Å²) in [5.41, 5.74) is 1.98. The SMILES string of the molecule is [C-]#[N+]c1ncc(OC2CCC(N3Cc4ccccc4C3=O)CC2)cc1Br. The van der Waals surface area contributed by atoms with Crippen molar-refractivity contribution in [1.29, 1.82) is 0 Å². The second-order valence-electron chi connectivity index (χ2n) is 6.73. The Bertz CT molecular complexity index is 885. The maximum atomic E-state index is 12.6. The van der Waals surface area contributed by atoms with Crippen LogP contribution in [0.4, 0.5) is 5.82 Å². The van der Waals surface area contributed by atoms with Gasteiger partial charge in [-0.15, -0.1) is 4.98 Å². The Labute approximate surface area is 160 Å². The van der Waals surface area contributed by atoms with Crippen molar-refractivity contribution >= 4 is 27.7 Å². The van der Waals surface area contributed by atoms with E-state index in [0.717, 1.165) is 43.4 Å². The molecule has 0 spiro atoms. The van der Waals surface area contributed by atoms with Crippen LogP contribution in [0.15, 0.2) is 41.0 Å². The lowest BCUT2D eigenvalue weighted by Crippen LogP contribution is -2.40. The smallest absolute Gasteiger partial charge is 0.284 e. The minimum absolute atomic E-state index is 0.124. The van der Waals surface area contributed by atoms with E-state index in [-0.39, 0.29) is 18.1 Å². The van der Waals surface area contributed by atoms with E-state index >= 15 is 0 Å². The second-order valence-corrected chi connectivity index (χ2v) is 7.58. The molecule has 1 amide bonds. The van der Waals surface area contributed by atoms with Crippen LogP contribution in [0.1, 0.15) is 41.6 Å². The minimum Gasteiger partial charge on any atom is -0.487 e. The molecule has 2 aliphatic rings. The predicted octanol–water partition coefficient (Wildman–Crippen LogP) is 4.74. The number of aromatic nitrogens is 1. The van der Waals surface area contributed by atoms with Crippen molar-refractivity contribution in [2.24, 2.45) is 0 Å². The number of carbonyl (C=O) groups excluding carboxylic acids is 1. The molecule has 1 saturated carbocycles. The number of carbonyl (C=O) groups is 1. The summed E-state index contributed by atoms with van der Waals surface area (Å²) in [6, 6.07) is 9.96. The first-order chi connectivity index (χ1) is 12.7. The highest BCUT2D eigenvalue weighted by atomic mass is 79.9. The van der Waals surface area contributed by atoms with E-state index in [4.69, 9.17) is 11.3 Å². The summed E-state index contributed by atoms with van der Waals surface area (Å²) in [6.45, 7) is 7.76. The fourth-order valence-electron chi connectivity index (χ4n) is 3.80. The lowest BCUT2D eigenvalue weighted by Gasteiger charge is -2.34. The Balaban J connectivity index is 1.36. The highest BCUT2D eigenvalue weighted by Crippen LogP contribution is 2.33. The van der Waals surface area contributed by atoms with Gasteiger partial charge in [0, 0.05) is 22.6 Å². The third-order valence-electron chi connectivity index (χ3n) is 5.14. The molecule has 1 fully saturated rings. The molecule has 2 heterocycles. The van der Waals surface area contributed by atoms with Crippen molar-refractivity contribution in [3.05, 3.63) is 63.5 Å². The van der Waals surface area contributed by atoms with Crippen molar-refractivity contribution in [2.45, 2.75) is 44.4 Å². The van der Waals surface area contributed by atoms with Crippen LogP contribution in [0.5, 0.6) is 5.75 Å². The van der Waals surface area contributed by atoms with Crippen LogP contribution in [-0.2, 0) is 6.54 Å². The van der Waals surface area contributed by atoms with Gasteiger partial charge < -0.3 is 14.5 Å². The van der Waals surface area contributed by atoms with Gasteiger partial charge in [-0.05, 0) is 43.4 Å². The number of ether oxygens (including phenoxy) is 1. The molecular weight excluding hydrogens is 394 g/mol. The summed E-state index contributed by atoms with van der Waals surface area (Å²) in [4.78, 5) is 22.1. The third kappa shape index (κ3) is 3.19. The van der Waals surface area contributed by atoms with Gasteiger partial charge in [-0.2, -0.15) is 0 Å². The quantitative estimate of drug-likeness (QED) is 0.685. The topological polar surface area (TPSA) is 46.8 Å². The Hall–Kier alpha value is -2.39. The number of hydrogen-bond donors (Lipinski definition) is 0. The number of amides is 1. The molecule has 1 aromatic heterocycles. The Morgan fingerprint density at radius 1 is 1.23 bits per heavy atom. The monoisotopic (exact) mass is 411 g/mol. The summed E-state index contributed by atoms with van der Waals surface area (Å²) >= 11 is 3.35. The maximum absolute atomic E-state index is 12.6. The standard InChI is InChI=1S/C20H18BrN3O2/c1-22-19-18(21)10-16(11-23-19)26-15-8-6-14(7-9-15)24-12-13-4-2-3-5-17(13)20(24)25/h2-5,10-11,14-15H,6-9,12H2. The summed E-state index contributed by atoms with van der Waals surface area (Å²) in [5, 5.41) is 0. The van der Waals surface area contributed by atoms with Crippen LogP contribution >= 0.6 is 15.9 Å². The molecule has 5 nitrogen and oxygen atoms in total. The molecule has 0 saturated heterocycles. The molecule has 0 N–H and O–H groups in total. The molecule has 0 radical (unpaired) electrons. The van der Waals surface area contributed by atoms with Gasteiger partial charge in [0.1, 0.15) is 0 Å². The van der Waals surface area contributed by atoms with E-state index in [1.165, 1.54) is 0 Å². The molecule has 1 aromatic carbocycles. The fraction of sp³-hybridized carbons (Fsp3) is 0.350. The summed E-state index contributed by atoms with van der Waals surface area (Å²) in [5.74, 6) is 1.18. The van der Waals surface area contributed by atoms with Crippen molar-refractivity contribution < 1.29 is 9.53 Å². The van der Waals surface area contributed by atoms with E-state index in [9.17, 15) is 4.79 Å². The zero-order valence-corrected chi connectivity index (χ0v) is 15.8. The van der Waals surface area contributed by atoms with Gasteiger partial charge in [0.15, 0.2) is 11.9 Å².